The molecule has 0 atom stereocenters. The van der Waals surface area contributed by atoms with Gasteiger partial charge in [0.25, 0.3) is 0 Å². The lowest BCUT2D eigenvalue weighted by molar-refractivity contribution is -0.123. The number of methoxy groups -OCH3 is 1. The van der Waals surface area contributed by atoms with Crippen LogP contribution < -0.4 is 0 Å². The molecule has 0 aliphatic carbocycles. The van der Waals surface area contributed by atoms with Crippen LogP contribution >= 0.6 is 0 Å². The average molecular weight is 381 g/mol. The first-order chi connectivity index (χ1) is 13.6. The molecule has 1 aliphatic rings. The summed E-state index contributed by atoms with van der Waals surface area (Å²) in [5, 5.41) is 1.59. The van der Waals surface area contributed by atoms with Crippen LogP contribution in [-0.4, -0.2) is 37.2 Å². The molecule has 1 fully saturated rings. The molecule has 28 heavy (non-hydrogen) atoms. The van der Waals surface area contributed by atoms with E-state index in [1.54, 1.807) is 41.5 Å². The molecule has 0 unspecified atom stereocenters. The van der Waals surface area contributed by atoms with Crippen molar-refractivity contribution in [2.45, 2.75) is 12.8 Å². The fraction of sp³-hybridized carbons (Fsp3) is 0.273. The molecule has 3 rings (SSSR count). The Balaban J connectivity index is 1.54. The van der Waals surface area contributed by atoms with E-state index in [1.807, 2.05) is 0 Å². The predicted molar refractivity (Wildman–Crippen MR) is 101 cm³/mol. The Hall–Kier alpha value is -3.17. The number of carbonyl (C=O) groups excluding carboxylic acids is 2. The monoisotopic (exact) mass is 381 g/mol. The first-order valence-electron chi connectivity index (χ1n) is 8.98. The fourth-order valence-corrected chi connectivity index (χ4v) is 2.89. The standard InChI is InChI=1S/C22H20FNO4/c1-27-21(25)18-6-4-7-19(15-18)22(26)28-24-13-11-16(12-14-24)9-10-17-5-2-3-8-20(17)23/h2-8,15-16H,11-14H2,1H3. The van der Waals surface area contributed by atoms with E-state index in [0.717, 1.165) is 12.8 Å². The Bertz CT molecular complexity index is 923. The number of hydrogen-bond donors (Lipinski definition) is 0. The van der Waals surface area contributed by atoms with Gasteiger partial charge in [-0.1, -0.05) is 30.0 Å². The van der Waals surface area contributed by atoms with Gasteiger partial charge in [0.2, 0.25) is 0 Å². The Morgan fingerprint density at radius 1 is 1.04 bits per heavy atom. The SMILES string of the molecule is COC(=O)c1cccc(C(=O)ON2CCC(C#Cc3ccccc3F)CC2)c1. The zero-order valence-corrected chi connectivity index (χ0v) is 15.5. The van der Waals surface area contributed by atoms with Crippen LogP contribution in [0.25, 0.3) is 0 Å². The van der Waals surface area contributed by atoms with Crippen molar-refractivity contribution >= 4 is 11.9 Å². The molecule has 6 heteroatoms. The van der Waals surface area contributed by atoms with Gasteiger partial charge in [-0.25, -0.2) is 14.0 Å². The summed E-state index contributed by atoms with van der Waals surface area (Å²) in [7, 11) is 1.28. The number of carbonyl (C=O) groups is 2. The van der Waals surface area contributed by atoms with E-state index in [-0.39, 0.29) is 17.3 Å². The number of nitrogens with zero attached hydrogens (tertiary/aromatic N) is 1. The molecule has 2 aromatic rings. The molecule has 2 aromatic carbocycles. The Kier molecular flexibility index (Phi) is 6.41. The third-order valence-corrected chi connectivity index (χ3v) is 4.47. The van der Waals surface area contributed by atoms with Crippen molar-refractivity contribution in [1.29, 1.82) is 0 Å². The highest BCUT2D eigenvalue weighted by atomic mass is 19.1. The lowest BCUT2D eigenvalue weighted by Crippen LogP contribution is -2.35. The van der Waals surface area contributed by atoms with Crippen LogP contribution in [0.4, 0.5) is 4.39 Å². The highest BCUT2D eigenvalue weighted by molar-refractivity contribution is 5.95. The van der Waals surface area contributed by atoms with Crippen LogP contribution in [-0.2, 0) is 9.57 Å². The molecule has 1 heterocycles. The van der Waals surface area contributed by atoms with Crippen molar-refractivity contribution in [1.82, 2.24) is 5.06 Å². The van der Waals surface area contributed by atoms with Crippen LogP contribution in [0.15, 0.2) is 48.5 Å². The molecule has 0 bridgehead atoms. The highest BCUT2D eigenvalue weighted by Crippen LogP contribution is 2.18. The van der Waals surface area contributed by atoms with Gasteiger partial charge in [0.05, 0.1) is 23.8 Å². The molecule has 0 aromatic heterocycles. The third kappa shape index (κ3) is 4.96. The number of rotatable bonds is 3. The minimum absolute atomic E-state index is 0.122. The van der Waals surface area contributed by atoms with E-state index in [0.29, 0.717) is 24.2 Å². The second-order valence-corrected chi connectivity index (χ2v) is 6.40. The summed E-state index contributed by atoms with van der Waals surface area (Å²) in [5.41, 5.74) is 0.963. The summed E-state index contributed by atoms with van der Waals surface area (Å²) in [6.07, 6.45) is 1.44. The molecule has 0 amide bonds. The summed E-state index contributed by atoms with van der Waals surface area (Å²) in [6.45, 7) is 1.08. The van der Waals surface area contributed by atoms with Gasteiger partial charge in [-0.3, -0.25) is 0 Å². The third-order valence-electron chi connectivity index (χ3n) is 4.47. The van der Waals surface area contributed by atoms with Crippen molar-refractivity contribution in [3.8, 4) is 11.8 Å². The number of benzene rings is 2. The minimum Gasteiger partial charge on any atom is -0.465 e. The van der Waals surface area contributed by atoms with Crippen LogP contribution in [0.1, 0.15) is 39.1 Å². The Morgan fingerprint density at radius 3 is 2.39 bits per heavy atom. The topological polar surface area (TPSA) is 55.8 Å². The minimum atomic E-state index is -0.526. The zero-order chi connectivity index (χ0) is 19.9. The number of ether oxygens (including phenoxy) is 1. The number of hydroxylamine groups is 2. The van der Waals surface area contributed by atoms with Crippen molar-refractivity contribution in [2.24, 2.45) is 5.92 Å². The average Bonchev–Trinajstić information content (AvgIpc) is 2.73. The highest BCUT2D eigenvalue weighted by Gasteiger charge is 2.22. The molecular formula is C22H20FNO4. The largest absolute Gasteiger partial charge is 0.465 e. The molecular weight excluding hydrogens is 361 g/mol. The number of halogens is 1. The predicted octanol–water partition coefficient (Wildman–Crippen LogP) is 3.45. The van der Waals surface area contributed by atoms with Gasteiger partial charge in [-0.05, 0) is 43.2 Å². The van der Waals surface area contributed by atoms with E-state index in [4.69, 9.17) is 4.84 Å². The van der Waals surface area contributed by atoms with Crippen LogP contribution in [0, 0.1) is 23.6 Å². The number of piperidine rings is 1. The second kappa shape index (κ2) is 9.16. The first-order valence-corrected chi connectivity index (χ1v) is 8.98. The van der Waals surface area contributed by atoms with E-state index in [9.17, 15) is 14.0 Å². The second-order valence-electron chi connectivity index (χ2n) is 6.40. The van der Waals surface area contributed by atoms with E-state index < -0.39 is 11.9 Å². The van der Waals surface area contributed by atoms with Gasteiger partial charge in [0, 0.05) is 19.0 Å². The van der Waals surface area contributed by atoms with Gasteiger partial charge in [-0.15, -0.1) is 5.06 Å². The van der Waals surface area contributed by atoms with Gasteiger partial charge in [0.15, 0.2) is 0 Å². The van der Waals surface area contributed by atoms with Gasteiger partial charge in [0.1, 0.15) is 5.82 Å². The molecule has 5 nitrogen and oxygen atoms in total. The number of esters is 1. The van der Waals surface area contributed by atoms with E-state index >= 15 is 0 Å². The van der Waals surface area contributed by atoms with Crippen LogP contribution in [0.5, 0.6) is 0 Å². The molecule has 0 N–H and O–H groups in total. The number of hydrogen-bond acceptors (Lipinski definition) is 5. The zero-order valence-electron chi connectivity index (χ0n) is 15.5. The Morgan fingerprint density at radius 2 is 1.71 bits per heavy atom. The van der Waals surface area contributed by atoms with Crippen molar-refractivity contribution in [3.05, 3.63) is 71.0 Å². The van der Waals surface area contributed by atoms with Gasteiger partial charge < -0.3 is 9.57 Å². The van der Waals surface area contributed by atoms with Crippen molar-refractivity contribution in [2.75, 3.05) is 20.2 Å². The van der Waals surface area contributed by atoms with Crippen molar-refractivity contribution < 1.29 is 23.6 Å². The van der Waals surface area contributed by atoms with E-state index in [1.165, 1.54) is 19.2 Å². The lowest BCUT2D eigenvalue weighted by Gasteiger charge is -2.28. The maximum atomic E-state index is 13.6. The van der Waals surface area contributed by atoms with Crippen molar-refractivity contribution in [3.63, 3.8) is 0 Å². The Labute approximate surface area is 163 Å². The van der Waals surface area contributed by atoms with Gasteiger partial charge >= 0.3 is 11.9 Å². The maximum absolute atomic E-state index is 13.6. The fourth-order valence-electron chi connectivity index (χ4n) is 2.89. The van der Waals surface area contributed by atoms with E-state index in [2.05, 4.69) is 16.6 Å². The summed E-state index contributed by atoms with van der Waals surface area (Å²) in [6, 6.07) is 12.6. The van der Waals surface area contributed by atoms with Gasteiger partial charge in [-0.2, -0.15) is 0 Å². The quantitative estimate of drug-likeness (QED) is 0.602. The normalized spacial score (nSPS) is 14.6. The summed E-state index contributed by atoms with van der Waals surface area (Å²) < 4.78 is 18.3. The molecule has 1 aliphatic heterocycles. The summed E-state index contributed by atoms with van der Waals surface area (Å²) in [5.74, 6) is 4.76. The smallest absolute Gasteiger partial charge is 0.357 e. The molecule has 144 valence electrons. The summed E-state index contributed by atoms with van der Waals surface area (Å²) in [4.78, 5) is 29.3. The van der Waals surface area contributed by atoms with Crippen LogP contribution in [0.3, 0.4) is 0 Å². The lowest BCUT2D eigenvalue weighted by atomic mass is 9.98. The first kappa shape index (κ1) is 19.6. The molecule has 1 saturated heterocycles. The molecule has 0 radical (unpaired) electrons. The molecule has 0 saturated carbocycles. The molecule has 0 spiro atoms. The van der Waals surface area contributed by atoms with Crippen LogP contribution in [0.2, 0.25) is 0 Å². The summed E-state index contributed by atoms with van der Waals surface area (Å²) >= 11 is 0. The maximum Gasteiger partial charge on any atom is 0.357 e.